The van der Waals surface area contributed by atoms with Gasteiger partial charge < -0.3 is 5.32 Å². The van der Waals surface area contributed by atoms with Crippen LogP contribution in [0, 0.1) is 12.8 Å². The number of aryl methyl sites for hydroxylation is 1. The van der Waals surface area contributed by atoms with Gasteiger partial charge in [0.05, 0.1) is 10.9 Å². The van der Waals surface area contributed by atoms with Crippen molar-refractivity contribution in [3.63, 3.8) is 0 Å². The first-order chi connectivity index (χ1) is 12.1. The number of rotatable bonds is 7. The van der Waals surface area contributed by atoms with E-state index in [-0.39, 0.29) is 16.8 Å². The summed E-state index contributed by atoms with van der Waals surface area (Å²) in [5, 5.41) is 5.82. The smallest absolute Gasteiger partial charge is 0.251 e. The first-order valence-electron chi connectivity index (χ1n) is 8.36. The van der Waals surface area contributed by atoms with Gasteiger partial charge in [0, 0.05) is 30.7 Å². The lowest BCUT2D eigenvalue weighted by molar-refractivity contribution is 0.0931. The third-order valence-electron chi connectivity index (χ3n) is 3.82. The Bertz CT molecular complexity index is 873. The summed E-state index contributed by atoms with van der Waals surface area (Å²) in [4.78, 5) is 17.3. The van der Waals surface area contributed by atoms with Crippen LogP contribution in [0.1, 0.15) is 47.4 Å². The molecule has 0 aliphatic carbocycles. The monoisotopic (exact) mass is 395 g/mol. The first-order valence-corrected chi connectivity index (χ1v) is 10.7. The summed E-state index contributed by atoms with van der Waals surface area (Å²) in [5.41, 5.74) is 1.24. The highest BCUT2D eigenvalue weighted by Crippen LogP contribution is 2.25. The molecule has 6 nitrogen and oxygen atoms in total. The van der Waals surface area contributed by atoms with Crippen molar-refractivity contribution in [1.29, 1.82) is 0 Å². The summed E-state index contributed by atoms with van der Waals surface area (Å²) in [6, 6.07) is 5.89. The maximum atomic E-state index is 12.7. The molecule has 0 aliphatic heterocycles. The number of hydrogen-bond donors (Lipinski definition) is 1. The predicted octanol–water partition coefficient (Wildman–Crippen LogP) is 3.22. The van der Waals surface area contributed by atoms with E-state index in [1.165, 1.54) is 37.6 Å². The Morgan fingerprint density at radius 1 is 1.31 bits per heavy atom. The summed E-state index contributed by atoms with van der Waals surface area (Å²) >= 11 is 1.52. The second-order valence-electron chi connectivity index (χ2n) is 6.80. The highest BCUT2D eigenvalue weighted by molar-refractivity contribution is 7.89. The SMILES string of the molecule is Cc1csc(C(CC(C)C)NC(=O)c2cccc(S(=O)(=O)N(C)C)c2)n1. The molecule has 1 amide bonds. The second kappa shape index (κ2) is 8.28. The largest absolute Gasteiger partial charge is 0.343 e. The molecule has 1 N–H and O–H groups in total. The molecular formula is C18H25N3O3S2. The summed E-state index contributed by atoms with van der Waals surface area (Å²) in [6.45, 7) is 6.09. The number of sulfonamides is 1. The Hall–Kier alpha value is -1.77. The highest BCUT2D eigenvalue weighted by Gasteiger charge is 2.22. The topological polar surface area (TPSA) is 79.4 Å². The minimum atomic E-state index is -3.59. The van der Waals surface area contributed by atoms with Gasteiger partial charge in [0.15, 0.2) is 0 Å². The fourth-order valence-electron chi connectivity index (χ4n) is 2.48. The van der Waals surface area contributed by atoms with Gasteiger partial charge in [0.1, 0.15) is 5.01 Å². The van der Waals surface area contributed by atoms with E-state index in [1.54, 1.807) is 12.1 Å². The third kappa shape index (κ3) is 4.90. The van der Waals surface area contributed by atoms with Gasteiger partial charge in [-0.15, -0.1) is 11.3 Å². The number of nitrogens with one attached hydrogen (secondary N) is 1. The van der Waals surface area contributed by atoms with Crippen LogP contribution in [0.2, 0.25) is 0 Å². The number of nitrogens with zero attached hydrogens (tertiary/aromatic N) is 2. The predicted molar refractivity (Wildman–Crippen MR) is 104 cm³/mol. The van der Waals surface area contributed by atoms with Crippen molar-refractivity contribution in [3.05, 3.63) is 45.9 Å². The number of aromatic nitrogens is 1. The quantitative estimate of drug-likeness (QED) is 0.781. The maximum Gasteiger partial charge on any atom is 0.251 e. The number of amides is 1. The van der Waals surface area contributed by atoms with Crippen LogP contribution >= 0.6 is 11.3 Å². The lowest BCUT2D eigenvalue weighted by atomic mass is 10.0. The van der Waals surface area contributed by atoms with Crippen LogP contribution in [0.25, 0.3) is 0 Å². The van der Waals surface area contributed by atoms with Crippen molar-refractivity contribution < 1.29 is 13.2 Å². The zero-order chi connectivity index (χ0) is 19.5. The zero-order valence-electron chi connectivity index (χ0n) is 15.7. The van der Waals surface area contributed by atoms with E-state index in [9.17, 15) is 13.2 Å². The van der Waals surface area contributed by atoms with Crippen molar-refractivity contribution in [1.82, 2.24) is 14.6 Å². The molecule has 0 aliphatic rings. The Morgan fingerprint density at radius 2 is 2.00 bits per heavy atom. The van der Waals surface area contributed by atoms with Gasteiger partial charge in [-0.05, 0) is 37.5 Å². The average Bonchev–Trinajstić information content (AvgIpc) is 3.00. The molecule has 2 rings (SSSR count). The standard InChI is InChI=1S/C18H25N3O3S2/c1-12(2)9-16(18-19-13(3)11-25-18)20-17(22)14-7-6-8-15(10-14)26(23,24)21(4)5/h6-8,10-12,16H,9H2,1-5H3,(H,20,22). The van der Waals surface area contributed by atoms with Gasteiger partial charge >= 0.3 is 0 Å². The van der Waals surface area contributed by atoms with Crippen LogP contribution in [0.4, 0.5) is 0 Å². The lowest BCUT2D eigenvalue weighted by Gasteiger charge is -2.19. The molecule has 0 saturated carbocycles. The fraction of sp³-hybridized carbons (Fsp3) is 0.444. The van der Waals surface area contributed by atoms with Crippen molar-refractivity contribution >= 4 is 27.3 Å². The molecule has 0 saturated heterocycles. The molecule has 1 unspecified atom stereocenters. The summed E-state index contributed by atoms with van der Waals surface area (Å²) < 4.78 is 25.7. The molecule has 0 radical (unpaired) electrons. The van der Waals surface area contributed by atoms with E-state index in [2.05, 4.69) is 24.1 Å². The minimum absolute atomic E-state index is 0.0978. The van der Waals surface area contributed by atoms with Gasteiger partial charge in [0.25, 0.3) is 5.91 Å². The van der Waals surface area contributed by atoms with Gasteiger partial charge in [-0.3, -0.25) is 4.79 Å². The van der Waals surface area contributed by atoms with Gasteiger partial charge in [0.2, 0.25) is 10.0 Å². The number of thiazole rings is 1. The normalized spacial score (nSPS) is 13.2. The van der Waals surface area contributed by atoms with Crippen molar-refractivity contribution in [2.45, 2.75) is 38.1 Å². The van der Waals surface area contributed by atoms with E-state index >= 15 is 0 Å². The third-order valence-corrected chi connectivity index (χ3v) is 6.71. The number of carbonyl (C=O) groups excluding carboxylic acids is 1. The van der Waals surface area contributed by atoms with Crippen LogP contribution < -0.4 is 5.32 Å². The zero-order valence-corrected chi connectivity index (χ0v) is 17.3. The Balaban J connectivity index is 2.27. The summed E-state index contributed by atoms with van der Waals surface area (Å²) in [5.74, 6) is 0.0734. The van der Waals surface area contributed by atoms with E-state index in [4.69, 9.17) is 0 Å². The van der Waals surface area contributed by atoms with E-state index in [1.807, 2.05) is 12.3 Å². The molecule has 2 aromatic rings. The molecule has 26 heavy (non-hydrogen) atoms. The van der Waals surface area contributed by atoms with Crippen molar-refractivity contribution in [3.8, 4) is 0 Å². The average molecular weight is 396 g/mol. The highest BCUT2D eigenvalue weighted by atomic mass is 32.2. The minimum Gasteiger partial charge on any atom is -0.343 e. The number of hydrogen-bond acceptors (Lipinski definition) is 5. The fourth-order valence-corrected chi connectivity index (χ4v) is 4.28. The molecule has 142 valence electrons. The van der Waals surface area contributed by atoms with E-state index < -0.39 is 10.0 Å². The molecule has 0 spiro atoms. The molecule has 8 heteroatoms. The van der Waals surface area contributed by atoms with Crippen LogP contribution in [0.15, 0.2) is 34.5 Å². The van der Waals surface area contributed by atoms with Crippen molar-refractivity contribution in [2.75, 3.05) is 14.1 Å². The van der Waals surface area contributed by atoms with Crippen LogP contribution in [-0.4, -0.2) is 37.7 Å². The Morgan fingerprint density at radius 3 is 2.54 bits per heavy atom. The summed E-state index contributed by atoms with van der Waals surface area (Å²) in [6.07, 6.45) is 0.758. The molecule has 1 heterocycles. The molecular weight excluding hydrogens is 370 g/mol. The molecule has 0 fully saturated rings. The van der Waals surface area contributed by atoms with Gasteiger partial charge in [-0.25, -0.2) is 17.7 Å². The molecule has 1 aromatic heterocycles. The second-order valence-corrected chi connectivity index (χ2v) is 9.84. The number of carbonyl (C=O) groups is 1. The van der Waals surface area contributed by atoms with E-state index in [0.717, 1.165) is 21.4 Å². The Kier molecular flexibility index (Phi) is 6.54. The van der Waals surface area contributed by atoms with E-state index in [0.29, 0.717) is 11.5 Å². The molecule has 1 aromatic carbocycles. The Labute approximate surface area is 159 Å². The maximum absolute atomic E-state index is 12.7. The van der Waals surface area contributed by atoms with Crippen LogP contribution in [-0.2, 0) is 10.0 Å². The van der Waals surface area contributed by atoms with Crippen LogP contribution in [0.3, 0.4) is 0 Å². The lowest BCUT2D eigenvalue weighted by Crippen LogP contribution is -2.30. The number of benzene rings is 1. The first kappa shape index (κ1) is 20.5. The van der Waals surface area contributed by atoms with Crippen molar-refractivity contribution in [2.24, 2.45) is 5.92 Å². The molecule has 0 bridgehead atoms. The van der Waals surface area contributed by atoms with Gasteiger partial charge in [-0.2, -0.15) is 0 Å². The van der Waals surface area contributed by atoms with Gasteiger partial charge in [-0.1, -0.05) is 19.9 Å². The molecule has 1 atom stereocenters. The summed E-state index contributed by atoms with van der Waals surface area (Å²) in [7, 11) is -0.659. The van der Waals surface area contributed by atoms with Crippen LogP contribution in [0.5, 0.6) is 0 Å².